The first kappa shape index (κ1) is 28.5. The predicted molar refractivity (Wildman–Crippen MR) is 151 cm³/mol. The highest BCUT2D eigenvalue weighted by molar-refractivity contribution is 7.99. The van der Waals surface area contributed by atoms with Gasteiger partial charge in [-0.3, -0.25) is 14.4 Å². The van der Waals surface area contributed by atoms with Crippen molar-refractivity contribution in [1.82, 2.24) is 10.6 Å². The number of amides is 2. The summed E-state index contributed by atoms with van der Waals surface area (Å²) in [4.78, 5) is 39.7. The maximum atomic E-state index is 13.5. The molecular weight excluding hydrogens is 504 g/mol. The van der Waals surface area contributed by atoms with Crippen molar-refractivity contribution in [2.45, 2.75) is 44.5 Å². The van der Waals surface area contributed by atoms with Crippen LogP contribution in [0.1, 0.15) is 41.8 Å². The van der Waals surface area contributed by atoms with Gasteiger partial charge in [0.25, 0.3) is 5.91 Å². The van der Waals surface area contributed by atoms with Gasteiger partial charge in [-0.15, -0.1) is 11.8 Å². The summed E-state index contributed by atoms with van der Waals surface area (Å²) in [6.07, 6.45) is 0.825. The maximum absolute atomic E-state index is 13.5. The molecule has 2 amide bonds. The van der Waals surface area contributed by atoms with Crippen molar-refractivity contribution in [3.63, 3.8) is 0 Å². The van der Waals surface area contributed by atoms with Crippen LogP contribution in [-0.2, 0) is 21.8 Å². The number of thioether (sulfide) groups is 1. The molecule has 0 saturated heterocycles. The molecule has 2 aromatic carbocycles. The van der Waals surface area contributed by atoms with E-state index in [4.69, 9.17) is 4.74 Å². The number of Topliss-reactive ketones (excluding diaryl/α,β-unsaturated/α-hetero) is 1. The molecule has 0 unspecified atom stereocenters. The number of carbonyl (C=O) groups excluding carboxylic acids is 3. The smallest absolute Gasteiger partial charge is 0.255 e. The van der Waals surface area contributed by atoms with E-state index in [1.54, 1.807) is 35.6 Å². The number of ether oxygens (including phenoxy) is 1. The number of nitrogens with one attached hydrogen (secondary N) is 2. The zero-order chi connectivity index (χ0) is 26.6. The lowest BCUT2D eigenvalue weighted by molar-refractivity contribution is -0.128. The van der Waals surface area contributed by atoms with Crippen LogP contribution in [0.3, 0.4) is 0 Å². The van der Waals surface area contributed by atoms with Crippen molar-refractivity contribution < 1.29 is 19.1 Å². The van der Waals surface area contributed by atoms with Gasteiger partial charge in [0.05, 0.1) is 24.5 Å². The third-order valence-corrected chi connectivity index (χ3v) is 7.52. The van der Waals surface area contributed by atoms with Crippen LogP contribution >= 0.6 is 23.1 Å². The summed E-state index contributed by atoms with van der Waals surface area (Å²) in [7, 11) is 1.50. The fourth-order valence-corrected chi connectivity index (χ4v) is 5.58. The first-order valence-electron chi connectivity index (χ1n) is 12.3. The summed E-state index contributed by atoms with van der Waals surface area (Å²) < 4.78 is 5.31. The summed E-state index contributed by atoms with van der Waals surface area (Å²) in [5.74, 6) is 0.811. The van der Waals surface area contributed by atoms with E-state index in [-0.39, 0.29) is 23.4 Å². The fourth-order valence-electron chi connectivity index (χ4n) is 3.88. The topological polar surface area (TPSA) is 84.5 Å². The molecule has 3 rings (SSSR count). The lowest BCUT2D eigenvalue weighted by Gasteiger charge is -2.24. The summed E-state index contributed by atoms with van der Waals surface area (Å²) in [5.41, 5.74) is 2.50. The van der Waals surface area contributed by atoms with Crippen LogP contribution in [0.25, 0.3) is 0 Å². The number of para-hydroxylation sites is 1. The second-order valence-corrected chi connectivity index (χ2v) is 11.0. The van der Waals surface area contributed by atoms with E-state index in [9.17, 15) is 14.4 Å². The molecule has 2 atom stereocenters. The van der Waals surface area contributed by atoms with Crippen LogP contribution in [-0.4, -0.2) is 42.5 Å². The van der Waals surface area contributed by atoms with Crippen LogP contribution in [0.15, 0.2) is 71.4 Å². The molecule has 1 aromatic heterocycles. The summed E-state index contributed by atoms with van der Waals surface area (Å²) in [5, 5.41) is 9.91. The van der Waals surface area contributed by atoms with Crippen molar-refractivity contribution in [2.75, 3.05) is 12.9 Å². The van der Waals surface area contributed by atoms with E-state index in [0.717, 1.165) is 11.3 Å². The van der Waals surface area contributed by atoms with Gasteiger partial charge in [0.1, 0.15) is 11.8 Å². The number of hydrogen-bond acceptors (Lipinski definition) is 6. The average molecular weight is 539 g/mol. The monoisotopic (exact) mass is 538 g/mol. The SMILES string of the molecule is COc1ccccc1C(=O)N[C@@H](CC(C)C)C(=O)N[C@@H](Cc1ccccc1)C(=O)CSCc1ccsc1. The Morgan fingerprint density at radius 1 is 0.919 bits per heavy atom. The van der Waals surface area contributed by atoms with E-state index in [2.05, 4.69) is 16.0 Å². The highest BCUT2D eigenvalue weighted by atomic mass is 32.2. The Kier molecular flexibility index (Phi) is 11.2. The van der Waals surface area contributed by atoms with Crippen LogP contribution < -0.4 is 15.4 Å². The van der Waals surface area contributed by atoms with E-state index in [1.807, 2.05) is 55.6 Å². The zero-order valence-electron chi connectivity index (χ0n) is 21.4. The van der Waals surface area contributed by atoms with Gasteiger partial charge in [-0.05, 0) is 58.8 Å². The Hall–Kier alpha value is -3.10. The maximum Gasteiger partial charge on any atom is 0.255 e. The van der Waals surface area contributed by atoms with Gasteiger partial charge < -0.3 is 15.4 Å². The number of methoxy groups -OCH3 is 1. The first-order chi connectivity index (χ1) is 17.9. The minimum absolute atomic E-state index is 0.0446. The van der Waals surface area contributed by atoms with E-state index >= 15 is 0 Å². The van der Waals surface area contributed by atoms with Crippen molar-refractivity contribution in [1.29, 1.82) is 0 Å². The number of ketones is 1. The number of benzene rings is 2. The van der Waals surface area contributed by atoms with Gasteiger partial charge in [0.15, 0.2) is 5.78 Å². The number of thiophene rings is 1. The second-order valence-electron chi connectivity index (χ2n) is 9.20. The van der Waals surface area contributed by atoms with Gasteiger partial charge in [-0.25, -0.2) is 0 Å². The van der Waals surface area contributed by atoms with Crippen LogP contribution in [0, 0.1) is 5.92 Å². The third-order valence-electron chi connectivity index (χ3n) is 5.76. The molecule has 0 aliphatic rings. The highest BCUT2D eigenvalue weighted by Gasteiger charge is 2.28. The minimum atomic E-state index is -0.790. The number of rotatable bonds is 14. The van der Waals surface area contributed by atoms with Crippen molar-refractivity contribution >= 4 is 40.7 Å². The highest BCUT2D eigenvalue weighted by Crippen LogP contribution is 2.19. The Morgan fingerprint density at radius 2 is 1.65 bits per heavy atom. The molecule has 0 fully saturated rings. The minimum Gasteiger partial charge on any atom is -0.496 e. The fraction of sp³-hybridized carbons (Fsp3) is 0.345. The molecule has 0 aliphatic heterocycles. The number of hydrogen-bond donors (Lipinski definition) is 2. The molecule has 3 aromatic rings. The molecule has 37 heavy (non-hydrogen) atoms. The van der Waals surface area contributed by atoms with E-state index in [0.29, 0.717) is 24.2 Å². The summed E-state index contributed by atoms with van der Waals surface area (Å²) >= 11 is 3.17. The zero-order valence-corrected chi connectivity index (χ0v) is 23.1. The van der Waals surface area contributed by atoms with Gasteiger partial charge in [-0.1, -0.05) is 56.3 Å². The average Bonchev–Trinajstić information content (AvgIpc) is 3.41. The van der Waals surface area contributed by atoms with Crippen molar-refractivity contribution in [2.24, 2.45) is 5.92 Å². The van der Waals surface area contributed by atoms with Gasteiger partial charge in [-0.2, -0.15) is 11.3 Å². The lowest BCUT2D eigenvalue weighted by atomic mass is 9.99. The Morgan fingerprint density at radius 3 is 2.32 bits per heavy atom. The molecule has 0 aliphatic carbocycles. The molecule has 6 nitrogen and oxygen atoms in total. The van der Waals surface area contributed by atoms with Gasteiger partial charge in [0.2, 0.25) is 5.91 Å². The molecule has 1 heterocycles. The Balaban J connectivity index is 1.73. The Bertz CT molecular complexity index is 1150. The molecular formula is C29H34N2O4S2. The quantitative estimate of drug-likeness (QED) is 0.297. The van der Waals surface area contributed by atoms with Crippen molar-refractivity contribution in [3.8, 4) is 5.75 Å². The van der Waals surface area contributed by atoms with Crippen LogP contribution in [0.4, 0.5) is 0 Å². The molecule has 196 valence electrons. The summed E-state index contributed by atoms with van der Waals surface area (Å²) in [6, 6.07) is 17.1. The molecule has 2 N–H and O–H groups in total. The second kappa shape index (κ2) is 14.6. The molecule has 0 bridgehead atoms. The Labute approximate surface area is 227 Å². The summed E-state index contributed by atoms with van der Waals surface area (Å²) in [6.45, 7) is 3.98. The molecule has 0 radical (unpaired) electrons. The standard InChI is InChI=1S/C29H34N2O4S2/c1-20(2)15-25(31-28(33)23-11-7-8-12-27(23)35-3)29(34)30-24(16-21-9-5-4-6-10-21)26(32)19-37-18-22-13-14-36-17-22/h4-14,17,20,24-25H,15-16,18-19H2,1-3H3,(H,30,34)(H,31,33)/t24-,25-/m0/s1. The van der Waals surface area contributed by atoms with Crippen LogP contribution in [0.5, 0.6) is 5.75 Å². The molecule has 8 heteroatoms. The van der Waals surface area contributed by atoms with E-state index in [1.165, 1.54) is 24.4 Å². The first-order valence-corrected chi connectivity index (χ1v) is 14.4. The van der Waals surface area contributed by atoms with Crippen molar-refractivity contribution in [3.05, 3.63) is 88.1 Å². The van der Waals surface area contributed by atoms with Gasteiger partial charge >= 0.3 is 0 Å². The largest absolute Gasteiger partial charge is 0.496 e. The van der Waals surface area contributed by atoms with Gasteiger partial charge in [0, 0.05) is 5.75 Å². The molecule has 0 spiro atoms. The molecule has 0 saturated carbocycles. The van der Waals surface area contributed by atoms with E-state index < -0.39 is 18.0 Å². The number of carbonyl (C=O) groups is 3. The normalized spacial score (nSPS) is 12.5. The lowest BCUT2D eigenvalue weighted by Crippen LogP contribution is -2.53. The predicted octanol–water partition coefficient (Wildman–Crippen LogP) is 5.13. The third kappa shape index (κ3) is 9.05. The van der Waals surface area contributed by atoms with Crippen LogP contribution in [0.2, 0.25) is 0 Å².